The number of aromatic hydroxyl groups is 1. The van der Waals surface area contributed by atoms with Gasteiger partial charge in [0.2, 0.25) is 5.43 Å². The smallest absolute Gasteiger partial charge is 0.278 e. The molecule has 0 saturated carbocycles. The first-order chi connectivity index (χ1) is 16.0. The highest BCUT2D eigenvalue weighted by molar-refractivity contribution is 5.96. The maximum absolute atomic E-state index is 14.5. The van der Waals surface area contributed by atoms with Gasteiger partial charge in [-0.25, -0.2) is 4.39 Å². The molecule has 1 amide bonds. The molecule has 1 aliphatic carbocycles. The third-order valence-corrected chi connectivity index (χ3v) is 6.52. The van der Waals surface area contributed by atoms with Gasteiger partial charge in [-0.3, -0.25) is 19.3 Å². The van der Waals surface area contributed by atoms with Crippen molar-refractivity contribution >= 4 is 18.1 Å². The number of halogens is 1. The molecule has 0 unspecified atom stereocenters. The average molecular weight is 445 g/mol. The zero-order valence-electron chi connectivity index (χ0n) is 17.5. The van der Waals surface area contributed by atoms with Gasteiger partial charge < -0.3 is 14.7 Å². The van der Waals surface area contributed by atoms with Crippen LogP contribution in [0.15, 0.2) is 59.5 Å². The Kier molecular flexibility index (Phi) is 4.38. The monoisotopic (exact) mass is 445 g/mol. The van der Waals surface area contributed by atoms with Crippen molar-refractivity contribution in [1.82, 2.24) is 9.58 Å². The Morgan fingerprint density at radius 3 is 2.64 bits per heavy atom. The number of carbonyl (C=O) groups excluding carboxylic acids is 1. The molecule has 0 radical (unpaired) electrons. The normalized spacial score (nSPS) is 21.1. The van der Waals surface area contributed by atoms with Gasteiger partial charge in [-0.1, -0.05) is 42.5 Å². The van der Waals surface area contributed by atoms with Crippen molar-refractivity contribution in [2.24, 2.45) is 0 Å². The second-order valence-electron chi connectivity index (χ2n) is 8.29. The van der Waals surface area contributed by atoms with Crippen LogP contribution in [0.25, 0.3) is 12.2 Å². The molecule has 1 fully saturated rings. The molecule has 1 N–H and O–H groups in total. The van der Waals surface area contributed by atoms with Gasteiger partial charge in [0.25, 0.3) is 5.91 Å². The predicted octanol–water partition coefficient (Wildman–Crippen LogP) is 2.72. The van der Waals surface area contributed by atoms with Gasteiger partial charge in [-0.2, -0.15) is 0 Å². The van der Waals surface area contributed by atoms with E-state index in [1.807, 2.05) is 41.4 Å². The van der Waals surface area contributed by atoms with Gasteiger partial charge >= 0.3 is 0 Å². The van der Waals surface area contributed by atoms with Crippen LogP contribution in [0.4, 0.5) is 4.39 Å². The maximum atomic E-state index is 14.5. The van der Waals surface area contributed by atoms with Gasteiger partial charge in [0.1, 0.15) is 12.0 Å². The standard InChI is InChI=1S/C25H20FN3O4/c26-17-8-7-16-6-5-15-3-1-2-4-18(15)22(19(16)13-17)29-21-14-33-12-11-27(21)25(32)23-24(31)20(30)9-10-28(23)29/h1-10,13,21-22,31H,11-12,14H2/t21-,22-/m1/s1. The summed E-state index contributed by atoms with van der Waals surface area (Å²) in [7, 11) is 0. The van der Waals surface area contributed by atoms with Crippen LogP contribution in [0.2, 0.25) is 0 Å². The summed E-state index contributed by atoms with van der Waals surface area (Å²) in [5.41, 5.74) is 2.67. The summed E-state index contributed by atoms with van der Waals surface area (Å²) < 4.78 is 21.8. The second kappa shape index (κ2) is 7.31. The van der Waals surface area contributed by atoms with Crippen LogP contribution in [-0.2, 0) is 4.74 Å². The van der Waals surface area contributed by atoms with Gasteiger partial charge in [0.15, 0.2) is 11.4 Å². The van der Waals surface area contributed by atoms with Crippen LogP contribution < -0.4 is 10.4 Å². The molecule has 2 aromatic carbocycles. The van der Waals surface area contributed by atoms with Gasteiger partial charge in [-0.05, 0) is 34.4 Å². The van der Waals surface area contributed by atoms with E-state index in [1.54, 1.807) is 11.0 Å². The fourth-order valence-electron chi connectivity index (χ4n) is 5.01. The summed E-state index contributed by atoms with van der Waals surface area (Å²) in [4.78, 5) is 27.2. The van der Waals surface area contributed by atoms with Crippen LogP contribution in [0.5, 0.6) is 5.75 Å². The highest BCUT2D eigenvalue weighted by Crippen LogP contribution is 2.40. The molecule has 6 rings (SSSR count). The lowest BCUT2D eigenvalue weighted by atomic mass is 9.92. The minimum Gasteiger partial charge on any atom is -0.502 e. The molecule has 8 heteroatoms. The maximum Gasteiger partial charge on any atom is 0.278 e. The molecular weight excluding hydrogens is 425 g/mol. The second-order valence-corrected chi connectivity index (χ2v) is 8.29. The molecule has 1 saturated heterocycles. The first-order valence-corrected chi connectivity index (χ1v) is 10.7. The van der Waals surface area contributed by atoms with Crippen molar-refractivity contribution in [3.05, 3.63) is 98.7 Å². The number of ether oxygens (including phenoxy) is 1. The zero-order valence-corrected chi connectivity index (χ0v) is 17.5. The largest absolute Gasteiger partial charge is 0.502 e. The average Bonchev–Trinajstić information content (AvgIpc) is 2.98. The molecule has 2 atom stereocenters. The Morgan fingerprint density at radius 2 is 1.79 bits per heavy atom. The van der Waals surface area contributed by atoms with Crippen LogP contribution in [-0.4, -0.2) is 46.5 Å². The number of amides is 1. The summed E-state index contributed by atoms with van der Waals surface area (Å²) in [6.45, 7) is 0.891. The Bertz CT molecular complexity index is 1380. The highest BCUT2D eigenvalue weighted by atomic mass is 19.1. The quantitative estimate of drug-likeness (QED) is 0.624. The van der Waals surface area contributed by atoms with E-state index in [9.17, 15) is 19.1 Å². The van der Waals surface area contributed by atoms with Gasteiger partial charge in [0.05, 0.1) is 19.3 Å². The fraction of sp³-hybridized carbons (Fsp3) is 0.200. The SMILES string of the molecule is O=C1c2c(O)c(=O)ccn2N([C@@H]2c3ccccc3C=Cc3ccc(F)cc32)[C@@H]2COCCN12. The minimum absolute atomic E-state index is 0.103. The molecule has 166 valence electrons. The number of aromatic nitrogens is 1. The van der Waals surface area contributed by atoms with Crippen LogP contribution in [0, 0.1) is 5.82 Å². The highest BCUT2D eigenvalue weighted by Gasteiger charge is 2.45. The number of nitrogens with zero attached hydrogens (tertiary/aromatic N) is 3. The first kappa shape index (κ1) is 19.8. The lowest BCUT2D eigenvalue weighted by Gasteiger charge is -2.51. The lowest BCUT2D eigenvalue weighted by molar-refractivity contribution is -0.0197. The number of pyridine rings is 1. The van der Waals surface area contributed by atoms with Gasteiger partial charge in [0, 0.05) is 18.8 Å². The molecule has 3 aromatic rings. The molecule has 0 bridgehead atoms. The Hall–Kier alpha value is -3.91. The molecule has 3 aliphatic rings. The Balaban J connectivity index is 1.67. The zero-order chi connectivity index (χ0) is 22.7. The van der Waals surface area contributed by atoms with Crippen LogP contribution >= 0.6 is 0 Å². The van der Waals surface area contributed by atoms with E-state index >= 15 is 0 Å². The number of hydrogen-bond acceptors (Lipinski definition) is 5. The van der Waals surface area contributed by atoms with E-state index in [4.69, 9.17) is 4.74 Å². The minimum atomic E-state index is -0.629. The Labute approximate surface area is 188 Å². The van der Waals surface area contributed by atoms with Crippen molar-refractivity contribution in [1.29, 1.82) is 0 Å². The predicted molar refractivity (Wildman–Crippen MR) is 120 cm³/mol. The summed E-state index contributed by atoms with van der Waals surface area (Å²) in [6.07, 6.45) is 4.90. The molecule has 3 heterocycles. The van der Waals surface area contributed by atoms with Crippen LogP contribution in [0.3, 0.4) is 0 Å². The number of fused-ring (bicyclic) bond motifs is 4. The van der Waals surface area contributed by atoms with E-state index < -0.39 is 29.3 Å². The van der Waals surface area contributed by atoms with E-state index in [0.29, 0.717) is 18.7 Å². The van der Waals surface area contributed by atoms with Gasteiger partial charge in [-0.15, -0.1) is 0 Å². The lowest BCUT2D eigenvalue weighted by Crippen LogP contribution is -2.66. The summed E-state index contributed by atoms with van der Waals surface area (Å²) in [6, 6.07) is 13.2. The summed E-state index contributed by atoms with van der Waals surface area (Å²) >= 11 is 0. The first-order valence-electron chi connectivity index (χ1n) is 10.7. The number of benzene rings is 2. The molecule has 2 aliphatic heterocycles. The third kappa shape index (κ3) is 2.91. The molecule has 1 aromatic heterocycles. The summed E-state index contributed by atoms with van der Waals surface area (Å²) in [5.74, 6) is -1.41. The Morgan fingerprint density at radius 1 is 1.00 bits per heavy atom. The molecule has 7 nitrogen and oxygen atoms in total. The molecular formula is C25H20FN3O4. The van der Waals surface area contributed by atoms with E-state index in [-0.39, 0.29) is 18.1 Å². The van der Waals surface area contributed by atoms with Crippen molar-refractivity contribution in [3.8, 4) is 5.75 Å². The fourth-order valence-corrected chi connectivity index (χ4v) is 5.01. The summed E-state index contributed by atoms with van der Waals surface area (Å²) in [5, 5.41) is 12.5. The van der Waals surface area contributed by atoms with E-state index in [2.05, 4.69) is 0 Å². The topological polar surface area (TPSA) is 75.0 Å². The number of morpholine rings is 1. The van der Waals surface area contributed by atoms with Crippen molar-refractivity contribution in [2.75, 3.05) is 24.8 Å². The van der Waals surface area contributed by atoms with Crippen molar-refractivity contribution in [3.63, 3.8) is 0 Å². The van der Waals surface area contributed by atoms with Crippen molar-refractivity contribution < 1.29 is 19.0 Å². The number of hydrogen-bond donors (Lipinski definition) is 1. The molecule has 0 spiro atoms. The van der Waals surface area contributed by atoms with Crippen molar-refractivity contribution in [2.45, 2.75) is 12.2 Å². The number of rotatable bonds is 1. The number of carbonyl (C=O) groups is 1. The molecule has 33 heavy (non-hydrogen) atoms. The third-order valence-electron chi connectivity index (χ3n) is 6.52. The van der Waals surface area contributed by atoms with E-state index in [0.717, 1.165) is 16.7 Å². The van der Waals surface area contributed by atoms with E-state index in [1.165, 1.54) is 29.1 Å². The van der Waals surface area contributed by atoms with Crippen LogP contribution in [0.1, 0.15) is 38.8 Å².